The summed E-state index contributed by atoms with van der Waals surface area (Å²) in [7, 11) is 0. The zero-order valence-electron chi connectivity index (χ0n) is 11.3. The molecule has 2 nitrogen and oxygen atoms in total. The van der Waals surface area contributed by atoms with Gasteiger partial charge in [-0.2, -0.15) is 0 Å². The topological polar surface area (TPSA) is 15.3 Å². The number of hydrogen-bond donors (Lipinski definition) is 1. The fourth-order valence-electron chi connectivity index (χ4n) is 3.18. The van der Waals surface area contributed by atoms with Crippen LogP contribution in [-0.4, -0.2) is 36.1 Å². The van der Waals surface area contributed by atoms with E-state index in [0.29, 0.717) is 5.54 Å². The summed E-state index contributed by atoms with van der Waals surface area (Å²) >= 11 is 0. The molecule has 1 heterocycles. The molecule has 1 atom stereocenters. The normalized spacial score (nSPS) is 32.1. The Labute approximate surface area is 101 Å². The molecule has 0 amide bonds. The Balaban J connectivity index is 1.92. The second kappa shape index (κ2) is 5.05. The summed E-state index contributed by atoms with van der Waals surface area (Å²) in [4.78, 5) is 2.74. The van der Waals surface area contributed by atoms with Gasteiger partial charge in [-0.25, -0.2) is 0 Å². The van der Waals surface area contributed by atoms with E-state index in [1.807, 2.05) is 0 Å². The van der Waals surface area contributed by atoms with Crippen LogP contribution in [0.2, 0.25) is 0 Å². The molecule has 0 bridgehead atoms. The number of nitrogens with zero attached hydrogens (tertiary/aromatic N) is 1. The SMILES string of the molecule is CCC1CN(CC2CCCC2)C(C)(C)CN1. The van der Waals surface area contributed by atoms with Gasteiger partial charge in [0.25, 0.3) is 0 Å². The van der Waals surface area contributed by atoms with Crippen molar-refractivity contribution in [2.24, 2.45) is 5.92 Å². The third kappa shape index (κ3) is 2.78. The highest BCUT2D eigenvalue weighted by molar-refractivity contribution is 4.93. The van der Waals surface area contributed by atoms with Gasteiger partial charge in [0, 0.05) is 31.2 Å². The van der Waals surface area contributed by atoms with E-state index in [-0.39, 0.29) is 0 Å². The minimum atomic E-state index is 0.355. The van der Waals surface area contributed by atoms with E-state index in [0.717, 1.165) is 18.5 Å². The Morgan fingerprint density at radius 1 is 1.25 bits per heavy atom. The Bertz CT molecular complexity index is 219. The molecule has 1 saturated heterocycles. The average molecular weight is 224 g/mol. The average Bonchev–Trinajstić information content (AvgIpc) is 2.74. The summed E-state index contributed by atoms with van der Waals surface area (Å²) in [5, 5.41) is 3.67. The largest absolute Gasteiger partial charge is 0.311 e. The highest BCUT2D eigenvalue weighted by Crippen LogP contribution is 2.29. The van der Waals surface area contributed by atoms with Crippen LogP contribution in [0.5, 0.6) is 0 Å². The first kappa shape index (κ1) is 12.4. The summed E-state index contributed by atoms with van der Waals surface area (Å²) in [6.45, 7) is 10.8. The van der Waals surface area contributed by atoms with Gasteiger partial charge in [-0.3, -0.25) is 4.90 Å². The quantitative estimate of drug-likeness (QED) is 0.793. The molecule has 0 aromatic rings. The van der Waals surface area contributed by atoms with E-state index < -0.39 is 0 Å². The van der Waals surface area contributed by atoms with Crippen LogP contribution in [0.15, 0.2) is 0 Å². The maximum atomic E-state index is 3.67. The highest BCUT2D eigenvalue weighted by atomic mass is 15.3. The van der Waals surface area contributed by atoms with Crippen molar-refractivity contribution in [3.05, 3.63) is 0 Å². The summed E-state index contributed by atoms with van der Waals surface area (Å²) in [5.41, 5.74) is 0.355. The minimum absolute atomic E-state index is 0.355. The maximum Gasteiger partial charge on any atom is 0.0278 e. The number of piperazine rings is 1. The molecule has 1 unspecified atom stereocenters. The molecule has 94 valence electrons. The molecule has 0 aromatic carbocycles. The van der Waals surface area contributed by atoms with Crippen LogP contribution in [0.4, 0.5) is 0 Å². The lowest BCUT2D eigenvalue weighted by atomic mass is 9.94. The second-order valence-corrected chi connectivity index (χ2v) is 6.35. The van der Waals surface area contributed by atoms with Crippen molar-refractivity contribution in [2.45, 2.75) is 64.5 Å². The van der Waals surface area contributed by atoms with Crippen LogP contribution in [-0.2, 0) is 0 Å². The second-order valence-electron chi connectivity index (χ2n) is 6.35. The molecule has 1 saturated carbocycles. The Kier molecular flexibility index (Phi) is 3.91. The van der Waals surface area contributed by atoms with Gasteiger partial charge < -0.3 is 5.32 Å². The van der Waals surface area contributed by atoms with Crippen LogP contribution < -0.4 is 5.32 Å². The fraction of sp³-hybridized carbons (Fsp3) is 1.00. The van der Waals surface area contributed by atoms with Crippen LogP contribution in [0.3, 0.4) is 0 Å². The van der Waals surface area contributed by atoms with Gasteiger partial charge in [-0.15, -0.1) is 0 Å². The zero-order valence-corrected chi connectivity index (χ0v) is 11.3. The molecular weight excluding hydrogens is 196 g/mol. The summed E-state index contributed by atoms with van der Waals surface area (Å²) in [6.07, 6.45) is 7.13. The van der Waals surface area contributed by atoms with Gasteiger partial charge in [-0.1, -0.05) is 19.8 Å². The molecule has 2 rings (SSSR count). The van der Waals surface area contributed by atoms with Crippen LogP contribution in [0, 0.1) is 5.92 Å². The van der Waals surface area contributed by atoms with Crippen LogP contribution in [0.25, 0.3) is 0 Å². The van der Waals surface area contributed by atoms with Gasteiger partial charge in [0.05, 0.1) is 0 Å². The molecule has 1 aliphatic heterocycles. The van der Waals surface area contributed by atoms with E-state index in [1.54, 1.807) is 0 Å². The van der Waals surface area contributed by atoms with Crippen molar-refractivity contribution in [2.75, 3.05) is 19.6 Å². The van der Waals surface area contributed by atoms with Gasteiger partial charge in [0.1, 0.15) is 0 Å². The molecule has 2 aliphatic rings. The Hall–Kier alpha value is -0.0800. The Morgan fingerprint density at radius 3 is 2.56 bits per heavy atom. The van der Waals surface area contributed by atoms with Crippen molar-refractivity contribution in [1.82, 2.24) is 10.2 Å². The maximum absolute atomic E-state index is 3.67. The van der Waals surface area contributed by atoms with E-state index >= 15 is 0 Å². The molecule has 1 N–H and O–H groups in total. The van der Waals surface area contributed by atoms with Crippen molar-refractivity contribution in [1.29, 1.82) is 0 Å². The molecule has 0 spiro atoms. The predicted molar refractivity (Wildman–Crippen MR) is 69.7 cm³/mol. The lowest BCUT2D eigenvalue weighted by molar-refractivity contribution is 0.0505. The van der Waals surface area contributed by atoms with Gasteiger partial charge in [-0.05, 0) is 39.0 Å². The first-order chi connectivity index (χ1) is 7.62. The molecule has 2 fully saturated rings. The third-order valence-corrected chi connectivity index (χ3v) is 4.57. The molecule has 1 aliphatic carbocycles. The lowest BCUT2D eigenvalue weighted by Gasteiger charge is -2.47. The minimum Gasteiger partial charge on any atom is -0.311 e. The smallest absolute Gasteiger partial charge is 0.0278 e. The van der Waals surface area contributed by atoms with Gasteiger partial charge in [0.15, 0.2) is 0 Å². The molecule has 0 radical (unpaired) electrons. The third-order valence-electron chi connectivity index (χ3n) is 4.57. The number of nitrogens with one attached hydrogen (secondary N) is 1. The Morgan fingerprint density at radius 2 is 1.94 bits per heavy atom. The van der Waals surface area contributed by atoms with Crippen molar-refractivity contribution < 1.29 is 0 Å². The van der Waals surface area contributed by atoms with Gasteiger partial charge in [0.2, 0.25) is 0 Å². The monoisotopic (exact) mass is 224 g/mol. The molecule has 2 heteroatoms. The zero-order chi connectivity index (χ0) is 11.6. The predicted octanol–water partition coefficient (Wildman–Crippen LogP) is 2.64. The standard InChI is InChI=1S/C14H28N2/c1-4-13-10-16(14(2,3)11-15-13)9-12-7-5-6-8-12/h12-13,15H,4-11H2,1-3H3. The van der Waals surface area contributed by atoms with Crippen molar-refractivity contribution in [3.63, 3.8) is 0 Å². The van der Waals surface area contributed by atoms with E-state index in [1.165, 1.54) is 45.2 Å². The molecule has 16 heavy (non-hydrogen) atoms. The van der Waals surface area contributed by atoms with Gasteiger partial charge >= 0.3 is 0 Å². The van der Waals surface area contributed by atoms with Crippen molar-refractivity contribution >= 4 is 0 Å². The molecule has 0 aromatic heterocycles. The molecular formula is C14H28N2. The van der Waals surface area contributed by atoms with Crippen LogP contribution in [0.1, 0.15) is 52.9 Å². The first-order valence-electron chi connectivity index (χ1n) is 7.10. The summed E-state index contributed by atoms with van der Waals surface area (Å²) in [5.74, 6) is 0.981. The van der Waals surface area contributed by atoms with E-state index in [2.05, 4.69) is 31.0 Å². The van der Waals surface area contributed by atoms with Crippen molar-refractivity contribution in [3.8, 4) is 0 Å². The van der Waals surface area contributed by atoms with Crippen LogP contribution >= 0.6 is 0 Å². The number of hydrogen-bond acceptors (Lipinski definition) is 2. The lowest BCUT2D eigenvalue weighted by Crippen LogP contribution is -2.62. The van der Waals surface area contributed by atoms with E-state index in [9.17, 15) is 0 Å². The summed E-state index contributed by atoms with van der Waals surface area (Å²) < 4.78 is 0. The highest BCUT2D eigenvalue weighted by Gasteiger charge is 2.34. The summed E-state index contributed by atoms with van der Waals surface area (Å²) in [6, 6.07) is 0.717. The first-order valence-corrected chi connectivity index (χ1v) is 7.10. The van der Waals surface area contributed by atoms with E-state index in [4.69, 9.17) is 0 Å². The number of rotatable bonds is 3. The fourth-order valence-corrected chi connectivity index (χ4v) is 3.18.